The Morgan fingerprint density at radius 1 is 1.50 bits per heavy atom. The Morgan fingerprint density at radius 2 is 2.25 bits per heavy atom. The number of aromatic nitrogens is 2. The highest BCUT2D eigenvalue weighted by Crippen LogP contribution is 2.47. The average molecular weight is 293 g/mol. The molecule has 0 saturated heterocycles. The first kappa shape index (κ1) is 13.0. The van der Waals surface area contributed by atoms with Gasteiger partial charge in [0.2, 0.25) is 0 Å². The van der Waals surface area contributed by atoms with Crippen LogP contribution in [0.3, 0.4) is 0 Å². The van der Waals surface area contributed by atoms with E-state index in [2.05, 4.69) is 9.97 Å². The molecule has 1 N–H and O–H groups in total. The van der Waals surface area contributed by atoms with E-state index in [-0.39, 0.29) is 0 Å². The lowest BCUT2D eigenvalue weighted by atomic mass is 9.92. The first-order valence-corrected chi connectivity index (χ1v) is 6.47. The number of ether oxygens (including phenoxy) is 2. The predicted octanol–water partition coefficient (Wildman–Crippen LogP) is 3.14. The fourth-order valence-electron chi connectivity index (χ4n) is 2.39. The van der Waals surface area contributed by atoms with Gasteiger partial charge >= 0.3 is 5.97 Å². The normalized spacial score (nSPS) is 15.0. The Labute approximate surface area is 120 Å². The largest absolute Gasteiger partial charge is 0.479 e. The first-order chi connectivity index (χ1) is 9.44. The van der Waals surface area contributed by atoms with E-state index < -0.39 is 11.6 Å². The van der Waals surface area contributed by atoms with E-state index >= 15 is 0 Å². The van der Waals surface area contributed by atoms with E-state index in [4.69, 9.17) is 21.1 Å². The zero-order valence-corrected chi connectivity index (χ0v) is 12.0. The molecule has 1 aliphatic rings. The second-order valence-corrected chi connectivity index (χ2v) is 5.41. The van der Waals surface area contributed by atoms with E-state index in [0.717, 1.165) is 16.8 Å². The Hall–Kier alpha value is -2.01. The highest BCUT2D eigenvalue weighted by atomic mass is 35.5. The van der Waals surface area contributed by atoms with Gasteiger partial charge in [-0.3, -0.25) is 0 Å². The molecular weight excluding hydrogens is 280 g/mol. The lowest BCUT2D eigenvalue weighted by Crippen LogP contribution is -2.28. The molecule has 0 radical (unpaired) electrons. The van der Waals surface area contributed by atoms with Crippen LogP contribution in [0.5, 0.6) is 5.75 Å². The van der Waals surface area contributed by atoms with Crippen LogP contribution < -0.4 is 4.74 Å². The van der Waals surface area contributed by atoms with Gasteiger partial charge in [0.15, 0.2) is 10.9 Å². The number of esters is 1. The maximum absolute atomic E-state index is 11.7. The zero-order valence-electron chi connectivity index (χ0n) is 11.3. The predicted molar refractivity (Wildman–Crippen MR) is 74.0 cm³/mol. The van der Waals surface area contributed by atoms with Crippen LogP contribution in [0, 0.1) is 0 Å². The molecule has 0 amide bonds. The number of fused-ring (bicyclic) bond motifs is 3. The van der Waals surface area contributed by atoms with Gasteiger partial charge in [0.1, 0.15) is 11.3 Å². The lowest BCUT2D eigenvalue weighted by molar-refractivity contribution is 0.0595. The van der Waals surface area contributed by atoms with Crippen molar-refractivity contribution in [3.8, 4) is 17.0 Å². The quantitative estimate of drug-likeness (QED) is 0.648. The number of carbonyl (C=O) groups excluding carboxylic acids is 1. The van der Waals surface area contributed by atoms with Crippen molar-refractivity contribution in [1.82, 2.24) is 9.97 Å². The molecule has 6 heteroatoms. The van der Waals surface area contributed by atoms with Crippen molar-refractivity contribution < 1.29 is 14.3 Å². The van der Waals surface area contributed by atoms with Gasteiger partial charge in [-0.1, -0.05) is 11.6 Å². The van der Waals surface area contributed by atoms with Crippen molar-refractivity contribution in [2.24, 2.45) is 0 Å². The van der Waals surface area contributed by atoms with E-state index in [1.807, 2.05) is 13.8 Å². The summed E-state index contributed by atoms with van der Waals surface area (Å²) in [5.41, 5.74) is 2.25. The fourth-order valence-corrected chi connectivity index (χ4v) is 2.59. The third kappa shape index (κ3) is 1.78. The summed E-state index contributed by atoms with van der Waals surface area (Å²) in [6, 6.07) is 3.55. The minimum atomic E-state index is -0.613. The SMILES string of the molecule is COC(=O)c1cc2c([nH]1)-c1ccnc(Cl)c1OC2(C)C. The Bertz CT molecular complexity index is 706. The Kier molecular flexibility index (Phi) is 2.76. The first-order valence-electron chi connectivity index (χ1n) is 6.09. The molecule has 3 heterocycles. The summed E-state index contributed by atoms with van der Waals surface area (Å²) in [5.74, 6) is 0.0989. The van der Waals surface area contributed by atoms with Gasteiger partial charge < -0.3 is 14.5 Å². The van der Waals surface area contributed by atoms with Crippen molar-refractivity contribution in [3.05, 3.63) is 34.7 Å². The van der Waals surface area contributed by atoms with Crippen LogP contribution in [0.2, 0.25) is 5.15 Å². The van der Waals surface area contributed by atoms with Crippen molar-refractivity contribution >= 4 is 17.6 Å². The summed E-state index contributed by atoms with van der Waals surface area (Å²) in [7, 11) is 1.35. The molecular formula is C14H13ClN2O3. The molecule has 0 unspecified atom stereocenters. The fraction of sp³-hybridized carbons (Fsp3) is 0.286. The van der Waals surface area contributed by atoms with Crippen molar-refractivity contribution in [2.75, 3.05) is 7.11 Å². The van der Waals surface area contributed by atoms with Gasteiger partial charge in [-0.25, -0.2) is 9.78 Å². The number of carbonyl (C=O) groups is 1. The lowest BCUT2D eigenvalue weighted by Gasteiger charge is -2.32. The van der Waals surface area contributed by atoms with Gasteiger partial charge in [0.25, 0.3) is 0 Å². The molecule has 0 aromatic carbocycles. The van der Waals surface area contributed by atoms with Crippen molar-refractivity contribution in [1.29, 1.82) is 0 Å². The summed E-state index contributed by atoms with van der Waals surface area (Å²) >= 11 is 6.09. The van der Waals surface area contributed by atoms with Crippen molar-refractivity contribution in [3.63, 3.8) is 0 Å². The van der Waals surface area contributed by atoms with E-state index in [9.17, 15) is 4.79 Å². The van der Waals surface area contributed by atoms with E-state index in [1.165, 1.54) is 7.11 Å². The van der Waals surface area contributed by atoms with Crippen LogP contribution in [0.15, 0.2) is 18.3 Å². The van der Waals surface area contributed by atoms with Gasteiger partial charge in [0, 0.05) is 17.3 Å². The van der Waals surface area contributed by atoms with E-state index in [1.54, 1.807) is 18.3 Å². The molecule has 104 valence electrons. The minimum Gasteiger partial charge on any atom is -0.479 e. The highest BCUT2D eigenvalue weighted by molar-refractivity contribution is 6.31. The zero-order chi connectivity index (χ0) is 14.5. The minimum absolute atomic E-state index is 0.301. The van der Waals surface area contributed by atoms with Crippen LogP contribution in [0.25, 0.3) is 11.3 Å². The monoisotopic (exact) mass is 292 g/mol. The molecule has 0 spiro atoms. The molecule has 0 aliphatic carbocycles. The highest BCUT2D eigenvalue weighted by Gasteiger charge is 2.36. The maximum atomic E-state index is 11.7. The summed E-state index contributed by atoms with van der Waals surface area (Å²) in [6.07, 6.45) is 1.60. The molecule has 20 heavy (non-hydrogen) atoms. The standard InChI is InChI=1S/C14H13ClN2O3/c1-14(2)8-6-9(13(18)19-3)17-10(8)7-4-5-16-12(15)11(7)20-14/h4-6,17H,1-3H3. The van der Waals surface area contributed by atoms with Crippen LogP contribution in [-0.2, 0) is 10.3 Å². The third-order valence-electron chi connectivity index (χ3n) is 3.36. The molecule has 0 bridgehead atoms. The molecule has 2 aromatic heterocycles. The maximum Gasteiger partial charge on any atom is 0.354 e. The van der Waals surface area contributed by atoms with Gasteiger partial charge in [-0.05, 0) is 26.0 Å². The number of nitrogens with one attached hydrogen (secondary N) is 1. The number of methoxy groups -OCH3 is 1. The van der Waals surface area contributed by atoms with Crippen LogP contribution in [0.4, 0.5) is 0 Å². The smallest absolute Gasteiger partial charge is 0.354 e. The number of hydrogen-bond acceptors (Lipinski definition) is 4. The Balaban J connectivity index is 2.26. The van der Waals surface area contributed by atoms with Gasteiger partial charge in [0.05, 0.1) is 12.8 Å². The molecule has 0 saturated carbocycles. The number of pyridine rings is 1. The topological polar surface area (TPSA) is 64.2 Å². The Morgan fingerprint density at radius 3 is 2.95 bits per heavy atom. The van der Waals surface area contributed by atoms with Gasteiger partial charge in [-0.15, -0.1) is 0 Å². The number of nitrogens with zero attached hydrogens (tertiary/aromatic N) is 1. The molecule has 0 atom stereocenters. The van der Waals surface area contributed by atoms with Crippen LogP contribution in [-0.4, -0.2) is 23.0 Å². The second kappa shape index (κ2) is 4.24. The number of aromatic amines is 1. The molecule has 1 aliphatic heterocycles. The van der Waals surface area contributed by atoms with Crippen LogP contribution >= 0.6 is 11.6 Å². The van der Waals surface area contributed by atoms with E-state index in [0.29, 0.717) is 16.6 Å². The third-order valence-corrected chi connectivity index (χ3v) is 3.63. The number of rotatable bonds is 1. The van der Waals surface area contributed by atoms with Crippen molar-refractivity contribution in [2.45, 2.75) is 19.4 Å². The summed E-state index contributed by atoms with van der Waals surface area (Å²) < 4.78 is 10.7. The molecule has 5 nitrogen and oxygen atoms in total. The number of H-pyrrole nitrogens is 1. The molecule has 3 rings (SSSR count). The number of halogens is 1. The number of hydrogen-bond donors (Lipinski definition) is 1. The summed E-state index contributed by atoms with van der Waals surface area (Å²) in [4.78, 5) is 18.8. The molecule has 2 aromatic rings. The van der Waals surface area contributed by atoms with Crippen LogP contribution in [0.1, 0.15) is 29.9 Å². The average Bonchev–Trinajstić information content (AvgIpc) is 2.85. The second-order valence-electron chi connectivity index (χ2n) is 5.05. The molecule has 0 fully saturated rings. The summed E-state index contributed by atoms with van der Waals surface area (Å²) in [6.45, 7) is 3.82. The summed E-state index contributed by atoms with van der Waals surface area (Å²) in [5, 5.41) is 0.301. The van der Waals surface area contributed by atoms with Gasteiger partial charge in [-0.2, -0.15) is 0 Å².